The van der Waals surface area contributed by atoms with Crippen LogP contribution < -0.4 is 15.9 Å². The summed E-state index contributed by atoms with van der Waals surface area (Å²) >= 11 is 0. The molecular weight excluding hydrogens is 546 g/mol. The van der Waals surface area contributed by atoms with Gasteiger partial charge in [0.2, 0.25) is 0 Å². The number of aryl methyl sites for hydroxylation is 2. The second-order valence-electron chi connectivity index (χ2n) is 10.7. The molecule has 40 heavy (non-hydrogen) atoms. The van der Waals surface area contributed by atoms with Gasteiger partial charge in [0.15, 0.2) is 0 Å². The van der Waals surface area contributed by atoms with E-state index in [9.17, 15) is 0 Å². The molecule has 4 aromatic carbocycles. The monoisotopic (exact) mass is 597 g/mol. The maximum atomic E-state index is 2.47. The van der Waals surface area contributed by atoms with Gasteiger partial charge in [-0.25, -0.2) is 24.3 Å². The molecule has 0 atom stereocenters. The molecule has 1 radical (unpaired) electrons. The number of hydrogen-bond acceptors (Lipinski definition) is 0. The van der Waals surface area contributed by atoms with E-state index in [1.54, 1.807) is 32.9 Å². The Bertz CT molecular complexity index is 1080. The summed E-state index contributed by atoms with van der Waals surface area (Å²) in [6, 6.07) is 33.7. The molecule has 0 bridgehead atoms. The molecule has 0 saturated heterocycles. The van der Waals surface area contributed by atoms with Crippen molar-refractivity contribution in [2.24, 2.45) is 0 Å². The first-order chi connectivity index (χ1) is 19.2. The van der Waals surface area contributed by atoms with Gasteiger partial charge >= 0.3 is 16.8 Å². The van der Waals surface area contributed by atoms with Crippen molar-refractivity contribution in [3.05, 3.63) is 113 Å². The average molecular weight is 598 g/mol. The summed E-state index contributed by atoms with van der Waals surface area (Å²) in [5.74, 6) is 0. The minimum Gasteiger partial charge on any atom is -0.214 e. The van der Waals surface area contributed by atoms with Crippen molar-refractivity contribution in [3.63, 3.8) is 0 Å². The Balaban J connectivity index is 0.000000840. The second kappa shape index (κ2) is 20.0. The summed E-state index contributed by atoms with van der Waals surface area (Å²) in [6.45, 7) is 9.28. The van der Waals surface area contributed by atoms with Crippen molar-refractivity contribution >= 4 is 23.8 Å². The molecule has 4 rings (SSSR count). The minimum absolute atomic E-state index is 0. The van der Waals surface area contributed by atoms with Crippen molar-refractivity contribution in [3.8, 4) is 0 Å². The molecule has 0 aromatic heterocycles. The normalized spacial score (nSPS) is 10.7. The fourth-order valence-electron chi connectivity index (χ4n) is 5.39. The van der Waals surface area contributed by atoms with E-state index in [1.165, 1.54) is 82.4 Å². The molecule has 4 aromatic rings. The van der Waals surface area contributed by atoms with Gasteiger partial charge in [-0.15, -0.1) is 5.30 Å². The van der Waals surface area contributed by atoms with Crippen LogP contribution in [0.2, 0.25) is 0 Å². The van der Waals surface area contributed by atoms with Gasteiger partial charge in [-0.3, -0.25) is 0 Å². The molecule has 0 unspecified atom stereocenters. The van der Waals surface area contributed by atoms with Crippen molar-refractivity contribution in [1.29, 1.82) is 0 Å². The van der Waals surface area contributed by atoms with Gasteiger partial charge in [-0.1, -0.05) is 97.7 Å². The number of rotatable bonds is 15. The third-order valence-electron chi connectivity index (χ3n) is 7.60. The summed E-state index contributed by atoms with van der Waals surface area (Å²) in [4.78, 5) is 0. The van der Waals surface area contributed by atoms with Crippen LogP contribution in [0.4, 0.5) is 0 Å². The molecule has 0 heterocycles. The third-order valence-corrected chi connectivity index (χ3v) is 10.2. The van der Waals surface area contributed by atoms with Crippen LogP contribution >= 0.6 is 7.92 Å². The largest absolute Gasteiger partial charge is 2.00 e. The average Bonchev–Trinajstić information content (AvgIpc) is 3.72. The molecule has 0 aliphatic heterocycles. The van der Waals surface area contributed by atoms with E-state index in [1.807, 2.05) is 30.3 Å². The third kappa shape index (κ3) is 10.2. The maximum absolute atomic E-state index is 2.47. The van der Waals surface area contributed by atoms with Crippen molar-refractivity contribution in [2.75, 3.05) is 0 Å². The Morgan fingerprint density at radius 2 is 0.975 bits per heavy atom. The Morgan fingerprint density at radius 3 is 1.35 bits per heavy atom. The van der Waals surface area contributed by atoms with Crippen LogP contribution in [0, 0.1) is 0 Å². The Morgan fingerprint density at radius 1 is 0.550 bits per heavy atom. The molecule has 0 amide bonds. The van der Waals surface area contributed by atoms with Gasteiger partial charge in [-0.2, -0.15) is 30.3 Å². The quantitative estimate of drug-likeness (QED) is 0.0945. The molecule has 217 valence electrons. The zero-order chi connectivity index (χ0) is 27.7. The van der Waals surface area contributed by atoms with Gasteiger partial charge in [0.25, 0.3) is 0 Å². The van der Waals surface area contributed by atoms with E-state index in [2.05, 4.69) is 88.4 Å². The second-order valence-corrected chi connectivity index (χ2v) is 12.8. The van der Waals surface area contributed by atoms with Crippen LogP contribution in [-0.4, -0.2) is 0 Å². The van der Waals surface area contributed by atoms with Gasteiger partial charge < -0.3 is 0 Å². The molecule has 0 saturated carbocycles. The molecule has 0 aliphatic rings. The standard InChI is InChI=1S/C33H46P.C5H5.Co/c1-5-9-17-27-19-15-25-32(30(27)23-11-7-3)34(29-21-13-14-22-29)33-26-16-20-28(18-10-6-2)31(33)24-12-8-4;1-2-4-5-3-1;/h13-16,19-22,25-26H,5-12,17-18,23-24H2,1-4H3;1-5H;/q2*-1;+2. The molecule has 2 heteroatoms. The number of benzene rings is 2. The zero-order valence-corrected chi connectivity index (χ0v) is 27.4. The summed E-state index contributed by atoms with van der Waals surface area (Å²) in [5, 5.41) is 4.76. The van der Waals surface area contributed by atoms with Gasteiger partial charge in [-0.05, 0) is 84.2 Å². The number of hydrogen-bond donors (Lipinski definition) is 0. The van der Waals surface area contributed by atoms with E-state index in [4.69, 9.17) is 0 Å². The summed E-state index contributed by atoms with van der Waals surface area (Å²) in [5.41, 5.74) is 6.52. The Hall–Kier alpha value is -1.92. The van der Waals surface area contributed by atoms with E-state index < -0.39 is 7.92 Å². The Labute approximate surface area is 257 Å². The SMILES string of the molecule is CCCCc1cccc(P(c2cccc(CCCC)c2CCCC)[c-]2cccc2)c1CCCC.[Co+2].c1cc[cH-]c1. The molecular formula is C38H51CoP. The van der Waals surface area contributed by atoms with Crippen molar-refractivity contribution in [1.82, 2.24) is 0 Å². The maximum Gasteiger partial charge on any atom is 2.00 e. The first-order valence-electron chi connectivity index (χ1n) is 15.6. The van der Waals surface area contributed by atoms with E-state index in [-0.39, 0.29) is 16.8 Å². The molecule has 0 aliphatic carbocycles. The molecule has 0 spiro atoms. The summed E-state index contributed by atoms with van der Waals surface area (Å²) in [6.07, 6.45) is 15.0. The summed E-state index contributed by atoms with van der Waals surface area (Å²) < 4.78 is 0. The van der Waals surface area contributed by atoms with Crippen LogP contribution in [0.1, 0.15) is 101 Å². The molecule has 0 nitrogen and oxygen atoms in total. The topological polar surface area (TPSA) is 0 Å². The molecule has 0 fully saturated rings. The van der Waals surface area contributed by atoms with E-state index >= 15 is 0 Å². The fraction of sp³-hybridized carbons (Fsp3) is 0.421. The first kappa shape index (κ1) is 34.3. The predicted molar refractivity (Wildman–Crippen MR) is 177 cm³/mol. The zero-order valence-electron chi connectivity index (χ0n) is 25.4. The van der Waals surface area contributed by atoms with Crippen molar-refractivity contribution in [2.45, 2.75) is 105 Å². The van der Waals surface area contributed by atoms with E-state index in [0.29, 0.717) is 0 Å². The predicted octanol–water partition coefficient (Wildman–Crippen LogP) is 9.94. The number of unbranched alkanes of at least 4 members (excludes halogenated alkanes) is 4. The van der Waals surface area contributed by atoms with Crippen LogP contribution in [0.15, 0.2) is 91.0 Å². The fourth-order valence-corrected chi connectivity index (χ4v) is 8.20. The van der Waals surface area contributed by atoms with Crippen LogP contribution in [0.3, 0.4) is 0 Å². The van der Waals surface area contributed by atoms with E-state index in [0.717, 1.165) is 0 Å². The molecule has 0 N–H and O–H groups in total. The van der Waals surface area contributed by atoms with Gasteiger partial charge in [0.1, 0.15) is 0 Å². The smallest absolute Gasteiger partial charge is 0.214 e. The Kier molecular flexibility index (Phi) is 17.2. The van der Waals surface area contributed by atoms with Crippen molar-refractivity contribution < 1.29 is 16.8 Å². The minimum atomic E-state index is -0.546. The van der Waals surface area contributed by atoms with Crippen LogP contribution in [0.25, 0.3) is 0 Å². The van der Waals surface area contributed by atoms with Crippen LogP contribution in [0.5, 0.6) is 0 Å². The first-order valence-corrected chi connectivity index (χ1v) is 17.0. The van der Waals surface area contributed by atoms with Gasteiger partial charge in [0.05, 0.1) is 0 Å². The summed E-state index contributed by atoms with van der Waals surface area (Å²) in [7, 11) is -0.546. The van der Waals surface area contributed by atoms with Gasteiger partial charge in [0, 0.05) is 0 Å². The van der Waals surface area contributed by atoms with Crippen LogP contribution in [-0.2, 0) is 42.5 Å².